The highest BCUT2D eigenvalue weighted by Gasteiger charge is 2.31. The maximum Gasteiger partial charge on any atom is 0.102 e. The van der Waals surface area contributed by atoms with Crippen LogP contribution in [-0.2, 0) is 9.47 Å². The van der Waals surface area contributed by atoms with Crippen LogP contribution in [0, 0.1) is 0 Å². The van der Waals surface area contributed by atoms with Gasteiger partial charge in [-0.1, -0.05) is 0 Å². The fourth-order valence-corrected chi connectivity index (χ4v) is 2.35. The summed E-state index contributed by atoms with van der Waals surface area (Å²) in [4.78, 5) is 2.20. The summed E-state index contributed by atoms with van der Waals surface area (Å²) in [5.74, 6) is 0. The predicted octanol–water partition coefficient (Wildman–Crippen LogP) is -1.58. The number of nitrogens with zero attached hydrogens (tertiary/aromatic N) is 1. The molecule has 2 fully saturated rings. The van der Waals surface area contributed by atoms with E-state index in [-0.39, 0.29) is 0 Å². The second kappa shape index (κ2) is 6.79. The Balaban J connectivity index is 1.57. The second-order valence-electron chi connectivity index (χ2n) is 5.22. The predicted molar refractivity (Wildman–Crippen MR) is 66.5 cm³/mol. The fraction of sp³-hybridized carbons (Fsp3) is 1.00. The molecule has 0 aromatic carbocycles. The first kappa shape index (κ1) is 14.2. The summed E-state index contributed by atoms with van der Waals surface area (Å²) >= 11 is 0. The van der Waals surface area contributed by atoms with E-state index in [1.165, 1.54) is 0 Å². The first-order valence-electron chi connectivity index (χ1n) is 6.67. The van der Waals surface area contributed by atoms with Crippen LogP contribution in [-0.4, -0.2) is 86.0 Å². The third-order valence-corrected chi connectivity index (χ3v) is 3.49. The number of rotatable bonds is 6. The molecule has 18 heavy (non-hydrogen) atoms. The highest BCUT2D eigenvalue weighted by atomic mass is 16.5. The monoisotopic (exact) mass is 260 g/mol. The Morgan fingerprint density at radius 1 is 1.22 bits per heavy atom. The largest absolute Gasteiger partial charge is 0.390 e. The summed E-state index contributed by atoms with van der Waals surface area (Å²) in [6, 6.07) is 0. The molecule has 2 aliphatic heterocycles. The Kier molecular flexibility index (Phi) is 5.35. The van der Waals surface area contributed by atoms with Crippen LogP contribution in [0.3, 0.4) is 0 Å². The normalized spacial score (nSPS) is 31.7. The molecule has 2 rings (SSSR count). The molecular weight excluding hydrogens is 236 g/mol. The van der Waals surface area contributed by atoms with Crippen molar-refractivity contribution in [2.75, 3.05) is 59.2 Å². The van der Waals surface area contributed by atoms with Gasteiger partial charge in [0.2, 0.25) is 0 Å². The van der Waals surface area contributed by atoms with Gasteiger partial charge in [0.25, 0.3) is 0 Å². The van der Waals surface area contributed by atoms with Gasteiger partial charge in [-0.05, 0) is 0 Å². The molecule has 2 heterocycles. The van der Waals surface area contributed by atoms with Crippen molar-refractivity contribution in [3.8, 4) is 0 Å². The van der Waals surface area contributed by atoms with Gasteiger partial charge in [-0.3, -0.25) is 4.90 Å². The van der Waals surface area contributed by atoms with Crippen LogP contribution >= 0.6 is 0 Å². The molecule has 3 N–H and O–H groups in total. The summed E-state index contributed by atoms with van der Waals surface area (Å²) < 4.78 is 10.4. The molecule has 0 amide bonds. The van der Waals surface area contributed by atoms with Crippen LogP contribution in [0.25, 0.3) is 0 Å². The molecule has 2 atom stereocenters. The first-order chi connectivity index (χ1) is 8.68. The van der Waals surface area contributed by atoms with Gasteiger partial charge >= 0.3 is 0 Å². The number of hydrogen-bond acceptors (Lipinski definition) is 6. The molecule has 0 bridgehead atoms. The van der Waals surface area contributed by atoms with Crippen molar-refractivity contribution in [3.63, 3.8) is 0 Å². The van der Waals surface area contributed by atoms with E-state index in [9.17, 15) is 10.2 Å². The second-order valence-corrected chi connectivity index (χ2v) is 5.22. The number of β-amino-alcohol motifs (C(OH)–C–C–N with tert-alkyl or cyclic N) is 1. The van der Waals surface area contributed by atoms with Gasteiger partial charge in [0.15, 0.2) is 0 Å². The SMILES string of the molecule is OC(CNCC1(O)CCOC1)CN1CCOCC1. The molecule has 2 saturated heterocycles. The van der Waals surface area contributed by atoms with Gasteiger partial charge in [0.05, 0.1) is 25.9 Å². The van der Waals surface area contributed by atoms with Crippen LogP contribution in [0.2, 0.25) is 0 Å². The van der Waals surface area contributed by atoms with E-state index in [1.807, 2.05) is 0 Å². The van der Waals surface area contributed by atoms with Crippen LogP contribution in [0.15, 0.2) is 0 Å². The molecule has 0 aromatic heterocycles. The van der Waals surface area contributed by atoms with Crippen LogP contribution in [0.4, 0.5) is 0 Å². The van der Waals surface area contributed by atoms with Crippen LogP contribution in [0.1, 0.15) is 6.42 Å². The topological polar surface area (TPSA) is 74.2 Å². The van der Waals surface area contributed by atoms with E-state index in [0.717, 1.165) is 26.3 Å². The summed E-state index contributed by atoms with van der Waals surface area (Å²) in [6.45, 7) is 5.91. The lowest BCUT2D eigenvalue weighted by Crippen LogP contribution is -2.47. The summed E-state index contributed by atoms with van der Waals surface area (Å²) in [5.41, 5.74) is -0.751. The van der Waals surface area contributed by atoms with Gasteiger partial charge in [-0.15, -0.1) is 0 Å². The minimum atomic E-state index is -0.751. The van der Waals surface area contributed by atoms with Crippen molar-refractivity contribution >= 4 is 0 Å². The van der Waals surface area contributed by atoms with E-state index >= 15 is 0 Å². The molecule has 6 heteroatoms. The van der Waals surface area contributed by atoms with Gasteiger partial charge in [0.1, 0.15) is 5.60 Å². The van der Waals surface area contributed by atoms with Gasteiger partial charge < -0.3 is 25.0 Å². The quantitative estimate of drug-likeness (QED) is 0.535. The molecule has 0 aliphatic carbocycles. The first-order valence-corrected chi connectivity index (χ1v) is 6.67. The van der Waals surface area contributed by atoms with Gasteiger partial charge in [-0.25, -0.2) is 0 Å². The smallest absolute Gasteiger partial charge is 0.102 e. The van der Waals surface area contributed by atoms with Gasteiger partial charge in [-0.2, -0.15) is 0 Å². The fourth-order valence-electron chi connectivity index (χ4n) is 2.35. The Labute approximate surface area is 108 Å². The molecule has 0 saturated carbocycles. The molecule has 0 radical (unpaired) electrons. The maximum absolute atomic E-state index is 10.0. The minimum absolute atomic E-state index is 0.388. The van der Waals surface area contributed by atoms with E-state index in [0.29, 0.717) is 39.3 Å². The van der Waals surface area contributed by atoms with Crippen LogP contribution < -0.4 is 5.32 Å². The number of hydrogen-bond donors (Lipinski definition) is 3. The lowest BCUT2D eigenvalue weighted by Gasteiger charge is -2.29. The van der Waals surface area contributed by atoms with E-state index < -0.39 is 11.7 Å². The summed E-state index contributed by atoms with van der Waals surface area (Å²) in [5, 5.41) is 23.1. The number of aliphatic hydroxyl groups is 2. The average molecular weight is 260 g/mol. The average Bonchev–Trinajstić information content (AvgIpc) is 2.77. The van der Waals surface area contributed by atoms with Crippen molar-refractivity contribution in [2.45, 2.75) is 18.1 Å². The summed E-state index contributed by atoms with van der Waals surface area (Å²) in [7, 11) is 0. The number of ether oxygens (including phenoxy) is 2. The Morgan fingerprint density at radius 2 is 2.00 bits per heavy atom. The molecule has 0 aromatic rings. The molecule has 6 nitrogen and oxygen atoms in total. The highest BCUT2D eigenvalue weighted by molar-refractivity contribution is 4.85. The number of aliphatic hydroxyl groups excluding tert-OH is 1. The van der Waals surface area contributed by atoms with Crippen molar-refractivity contribution in [1.82, 2.24) is 10.2 Å². The third kappa shape index (κ3) is 4.46. The standard InChI is InChI=1S/C12H24N2O4/c15-11(8-14-2-5-17-6-3-14)7-13-9-12(16)1-4-18-10-12/h11,13,15-16H,1-10H2. The minimum Gasteiger partial charge on any atom is -0.390 e. The number of nitrogens with one attached hydrogen (secondary N) is 1. The zero-order valence-corrected chi connectivity index (χ0v) is 10.8. The molecule has 2 aliphatic rings. The zero-order valence-electron chi connectivity index (χ0n) is 10.8. The lowest BCUT2D eigenvalue weighted by molar-refractivity contribution is 0.00879. The Morgan fingerprint density at radius 3 is 2.67 bits per heavy atom. The van der Waals surface area contributed by atoms with Crippen molar-refractivity contribution in [1.29, 1.82) is 0 Å². The maximum atomic E-state index is 10.0. The molecule has 106 valence electrons. The van der Waals surface area contributed by atoms with E-state index in [1.54, 1.807) is 0 Å². The van der Waals surface area contributed by atoms with Crippen molar-refractivity contribution in [3.05, 3.63) is 0 Å². The zero-order chi connectivity index (χ0) is 12.8. The Bertz CT molecular complexity index is 240. The molecular formula is C12H24N2O4. The van der Waals surface area contributed by atoms with Crippen LogP contribution in [0.5, 0.6) is 0 Å². The lowest BCUT2D eigenvalue weighted by atomic mass is 10.0. The van der Waals surface area contributed by atoms with Gasteiger partial charge in [0, 0.05) is 45.8 Å². The van der Waals surface area contributed by atoms with Crippen molar-refractivity contribution < 1.29 is 19.7 Å². The summed E-state index contributed by atoms with van der Waals surface area (Å²) in [6.07, 6.45) is 0.258. The molecule has 2 unspecified atom stereocenters. The van der Waals surface area contributed by atoms with E-state index in [2.05, 4.69) is 10.2 Å². The third-order valence-electron chi connectivity index (χ3n) is 3.49. The Hall–Kier alpha value is -0.240. The molecule has 0 spiro atoms. The highest BCUT2D eigenvalue weighted by Crippen LogP contribution is 2.16. The number of morpholine rings is 1. The van der Waals surface area contributed by atoms with Crippen molar-refractivity contribution in [2.24, 2.45) is 0 Å². The van der Waals surface area contributed by atoms with E-state index in [4.69, 9.17) is 9.47 Å².